The first-order chi connectivity index (χ1) is 12.6. The summed E-state index contributed by atoms with van der Waals surface area (Å²) in [7, 11) is 0. The topological polar surface area (TPSA) is 56.1 Å². The highest BCUT2D eigenvalue weighted by Gasteiger charge is 2.16. The molecule has 0 bridgehead atoms. The fourth-order valence-corrected chi connectivity index (χ4v) is 3.08. The molecule has 1 aromatic heterocycles. The van der Waals surface area contributed by atoms with Crippen molar-refractivity contribution in [1.82, 2.24) is 9.78 Å². The molecular formula is C19H17BrClN3O2. The SMILES string of the molecule is CCOc1ccccc1C(=O)Nc1nn(Cc2ccccc2Cl)cc1Br. The molecule has 0 aliphatic rings. The first-order valence-electron chi connectivity index (χ1n) is 8.08. The van der Waals surface area contributed by atoms with E-state index in [1.54, 1.807) is 29.1 Å². The van der Waals surface area contributed by atoms with Crippen LogP contribution in [0.1, 0.15) is 22.8 Å². The van der Waals surface area contributed by atoms with E-state index in [0.717, 1.165) is 5.56 Å². The largest absolute Gasteiger partial charge is 0.493 e. The van der Waals surface area contributed by atoms with Crippen LogP contribution in [0.25, 0.3) is 0 Å². The molecule has 0 aliphatic heterocycles. The molecule has 1 amide bonds. The van der Waals surface area contributed by atoms with E-state index in [-0.39, 0.29) is 5.91 Å². The van der Waals surface area contributed by atoms with E-state index in [1.165, 1.54) is 0 Å². The Morgan fingerprint density at radius 1 is 1.23 bits per heavy atom. The van der Waals surface area contributed by atoms with Gasteiger partial charge in [-0.1, -0.05) is 41.9 Å². The molecule has 26 heavy (non-hydrogen) atoms. The molecule has 1 N–H and O–H groups in total. The molecule has 0 saturated heterocycles. The third kappa shape index (κ3) is 4.26. The van der Waals surface area contributed by atoms with Gasteiger partial charge in [-0.25, -0.2) is 0 Å². The van der Waals surface area contributed by atoms with Gasteiger partial charge in [0.25, 0.3) is 5.91 Å². The summed E-state index contributed by atoms with van der Waals surface area (Å²) in [4.78, 5) is 12.6. The van der Waals surface area contributed by atoms with Crippen LogP contribution in [-0.2, 0) is 6.54 Å². The number of carbonyl (C=O) groups is 1. The van der Waals surface area contributed by atoms with E-state index in [2.05, 4.69) is 26.3 Å². The number of hydrogen-bond acceptors (Lipinski definition) is 3. The van der Waals surface area contributed by atoms with Crippen molar-refractivity contribution in [3.05, 3.63) is 75.4 Å². The highest BCUT2D eigenvalue weighted by molar-refractivity contribution is 9.10. The lowest BCUT2D eigenvalue weighted by molar-refractivity contribution is 0.102. The second-order valence-electron chi connectivity index (χ2n) is 5.50. The Hall–Kier alpha value is -2.31. The van der Waals surface area contributed by atoms with Crippen LogP contribution in [0.3, 0.4) is 0 Å². The van der Waals surface area contributed by atoms with E-state index >= 15 is 0 Å². The number of halogens is 2. The van der Waals surface area contributed by atoms with Gasteiger partial charge in [0.15, 0.2) is 5.82 Å². The van der Waals surface area contributed by atoms with Gasteiger partial charge in [0.2, 0.25) is 0 Å². The van der Waals surface area contributed by atoms with Crippen molar-refractivity contribution in [2.24, 2.45) is 0 Å². The van der Waals surface area contributed by atoms with Crippen molar-refractivity contribution in [3.63, 3.8) is 0 Å². The summed E-state index contributed by atoms with van der Waals surface area (Å²) < 4.78 is 7.92. The smallest absolute Gasteiger partial charge is 0.260 e. The normalized spacial score (nSPS) is 10.6. The van der Waals surface area contributed by atoms with E-state index in [1.807, 2.05) is 37.3 Å². The lowest BCUT2D eigenvalue weighted by Crippen LogP contribution is -2.14. The summed E-state index contributed by atoms with van der Waals surface area (Å²) in [6, 6.07) is 14.7. The molecule has 0 saturated carbocycles. The molecule has 0 aliphatic carbocycles. The molecular weight excluding hydrogens is 418 g/mol. The van der Waals surface area contributed by atoms with Gasteiger partial charge in [-0.15, -0.1) is 0 Å². The van der Waals surface area contributed by atoms with E-state index in [9.17, 15) is 4.79 Å². The Balaban J connectivity index is 1.78. The standard InChI is InChI=1S/C19H17BrClN3O2/c1-2-26-17-10-6-4-8-14(17)19(25)22-18-15(20)12-24(23-18)11-13-7-3-5-9-16(13)21/h3-10,12H,2,11H2,1H3,(H,22,23,25). The zero-order chi connectivity index (χ0) is 18.5. The minimum atomic E-state index is -0.280. The summed E-state index contributed by atoms with van der Waals surface area (Å²) in [6.07, 6.45) is 1.80. The number of nitrogens with zero attached hydrogens (tertiary/aromatic N) is 2. The number of benzene rings is 2. The molecule has 2 aromatic carbocycles. The fraction of sp³-hybridized carbons (Fsp3) is 0.158. The van der Waals surface area contributed by atoms with Crippen molar-refractivity contribution in [3.8, 4) is 5.75 Å². The number of rotatable bonds is 6. The predicted octanol–water partition coefficient (Wildman–Crippen LogP) is 5.00. The van der Waals surface area contributed by atoms with Crippen LogP contribution in [0.2, 0.25) is 5.02 Å². The number of para-hydroxylation sites is 1. The zero-order valence-corrected chi connectivity index (χ0v) is 16.4. The van der Waals surface area contributed by atoms with Gasteiger partial charge in [-0.05, 0) is 46.6 Å². The van der Waals surface area contributed by atoms with Crippen LogP contribution in [0.15, 0.2) is 59.2 Å². The number of nitrogens with one attached hydrogen (secondary N) is 1. The van der Waals surface area contributed by atoms with Gasteiger partial charge in [0, 0.05) is 11.2 Å². The van der Waals surface area contributed by atoms with Gasteiger partial charge in [-0.3, -0.25) is 9.48 Å². The van der Waals surface area contributed by atoms with Gasteiger partial charge in [0.05, 0.1) is 23.2 Å². The van der Waals surface area contributed by atoms with E-state index in [0.29, 0.717) is 39.8 Å². The maximum Gasteiger partial charge on any atom is 0.260 e. The van der Waals surface area contributed by atoms with Crippen molar-refractivity contribution in [1.29, 1.82) is 0 Å². The molecule has 0 radical (unpaired) electrons. The van der Waals surface area contributed by atoms with Crippen LogP contribution < -0.4 is 10.1 Å². The van der Waals surface area contributed by atoms with Gasteiger partial charge in [-0.2, -0.15) is 5.10 Å². The van der Waals surface area contributed by atoms with Crippen LogP contribution in [0, 0.1) is 0 Å². The van der Waals surface area contributed by atoms with Gasteiger partial charge < -0.3 is 10.1 Å². The summed E-state index contributed by atoms with van der Waals surface area (Å²) in [5.41, 5.74) is 1.41. The molecule has 7 heteroatoms. The quantitative estimate of drug-likeness (QED) is 0.594. The Morgan fingerprint density at radius 3 is 2.73 bits per heavy atom. The molecule has 0 spiro atoms. The van der Waals surface area contributed by atoms with Crippen molar-refractivity contribution in [2.75, 3.05) is 11.9 Å². The fourth-order valence-electron chi connectivity index (χ4n) is 2.47. The lowest BCUT2D eigenvalue weighted by Gasteiger charge is -2.09. The number of ether oxygens (including phenoxy) is 1. The molecule has 3 aromatic rings. The second kappa shape index (κ2) is 8.38. The average molecular weight is 435 g/mol. The molecule has 0 atom stereocenters. The highest BCUT2D eigenvalue weighted by Crippen LogP contribution is 2.25. The maximum atomic E-state index is 12.6. The number of carbonyl (C=O) groups excluding carboxylic acids is 1. The number of anilines is 1. The Labute approximate surface area is 165 Å². The summed E-state index contributed by atoms with van der Waals surface area (Å²) in [5.74, 6) is 0.699. The monoisotopic (exact) mass is 433 g/mol. The van der Waals surface area contributed by atoms with E-state index in [4.69, 9.17) is 16.3 Å². The highest BCUT2D eigenvalue weighted by atomic mass is 79.9. The van der Waals surface area contributed by atoms with Gasteiger partial charge in [0.1, 0.15) is 5.75 Å². The number of amides is 1. The van der Waals surface area contributed by atoms with Crippen LogP contribution in [-0.4, -0.2) is 22.3 Å². The summed E-state index contributed by atoms with van der Waals surface area (Å²) in [6.45, 7) is 2.87. The molecule has 0 fully saturated rings. The first-order valence-corrected chi connectivity index (χ1v) is 9.25. The van der Waals surface area contributed by atoms with Gasteiger partial charge >= 0.3 is 0 Å². The Kier molecular flexibility index (Phi) is 5.96. The summed E-state index contributed by atoms with van der Waals surface area (Å²) in [5, 5.41) is 7.92. The maximum absolute atomic E-state index is 12.6. The van der Waals surface area contributed by atoms with Crippen LogP contribution in [0.5, 0.6) is 5.75 Å². The van der Waals surface area contributed by atoms with E-state index < -0.39 is 0 Å². The lowest BCUT2D eigenvalue weighted by atomic mass is 10.2. The Morgan fingerprint density at radius 2 is 1.96 bits per heavy atom. The Bertz CT molecular complexity index is 927. The van der Waals surface area contributed by atoms with Crippen molar-refractivity contribution >= 4 is 39.3 Å². The second-order valence-corrected chi connectivity index (χ2v) is 6.76. The minimum Gasteiger partial charge on any atom is -0.493 e. The van der Waals surface area contributed by atoms with Crippen LogP contribution >= 0.6 is 27.5 Å². The van der Waals surface area contributed by atoms with Crippen LogP contribution in [0.4, 0.5) is 5.82 Å². The van der Waals surface area contributed by atoms with Crippen molar-refractivity contribution in [2.45, 2.75) is 13.5 Å². The molecule has 1 heterocycles. The zero-order valence-electron chi connectivity index (χ0n) is 14.1. The molecule has 5 nitrogen and oxygen atoms in total. The summed E-state index contributed by atoms with van der Waals surface area (Å²) >= 11 is 9.63. The third-order valence-electron chi connectivity index (χ3n) is 3.67. The molecule has 134 valence electrons. The number of hydrogen-bond donors (Lipinski definition) is 1. The minimum absolute atomic E-state index is 0.280. The third-order valence-corrected chi connectivity index (χ3v) is 4.62. The average Bonchev–Trinajstić information content (AvgIpc) is 2.97. The molecule has 0 unspecified atom stereocenters. The molecule has 3 rings (SSSR count). The number of aromatic nitrogens is 2. The van der Waals surface area contributed by atoms with Crippen molar-refractivity contribution < 1.29 is 9.53 Å². The predicted molar refractivity (Wildman–Crippen MR) is 106 cm³/mol. The first kappa shape index (κ1) is 18.5.